The van der Waals surface area contributed by atoms with E-state index >= 15 is 0 Å². The first kappa shape index (κ1) is 13.8. The highest BCUT2D eigenvalue weighted by atomic mass is 15.1. The fourth-order valence-corrected chi connectivity index (χ4v) is 2.13. The highest BCUT2D eigenvalue weighted by Crippen LogP contribution is 2.19. The molecule has 0 aliphatic heterocycles. The van der Waals surface area contributed by atoms with E-state index in [0.717, 1.165) is 19.6 Å². The normalized spacial score (nSPS) is 10.9. The standard InChI is InChI=1S/C17H22N2/c1-18-12-13-19(2)14-15-8-10-17(11-9-15)16-6-4-3-5-7-16/h3-11,18H,12-14H2,1-2H3. The molecule has 0 spiro atoms. The molecule has 2 nitrogen and oxygen atoms in total. The summed E-state index contributed by atoms with van der Waals surface area (Å²) in [5.74, 6) is 0. The van der Waals surface area contributed by atoms with Crippen LogP contribution in [-0.4, -0.2) is 32.1 Å². The zero-order chi connectivity index (χ0) is 13.5. The van der Waals surface area contributed by atoms with Crippen LogP contribution in [0.4, 0.5) is 0 Å². The lowest BCUT2D eigenvalue weighted by Gasteiger charge is -2.16. The van der Waals surface area contributed by atoms with E-state index < -0.39 is 0 Å². The minimum Gasteiger partial charge on any atom is -0.318 e. The first-order valence-electron chi connectivity index (χ1n) is 6.77. The van der Waals surface area contributed by atoms with Crippen molar-refractivity contribution >= 4 is 0 Å². The molecule has 0 radical (unpaired) electrons. The highest BCUT2D eigenvalue weighted by molar-refractivity contribution is 5.63. The molecular weight excluding hydrogens is 232 g/mol. The average Bonchev–Trinajstić information content (AvgIpc) is 2.47. The summed E-state index contributed by atoms with van der Waals surface area (Å²) in [6, 6.07) is 19.4. The number of rotatable bonds is 6. The molecule has 0 atom stereocenters. The van der Waals surface area contributed by atoms with Crippen molar-refractivity contribution in [2.75, 3.05) is 27.2 Å². The minimum atomic E-state index is 0.997. The van der Waals surface area contributed by atoms with Crippen LogP contribution in [0.25, 0.3) is 11.1 Å². The van der Waals surface area contributed by atoms with Crippen molar-refractivity contribution in [2.45, 2.75) is 6.54 Å². The Balaban J connectivity index is 1.99. The highest BCUT2D eigenvalue weighted by Gasteiger charge is 2.01. The van der Waals surface area contributed by atoms with E-state index in [1.807, 2.05) is 7.05 Å². The molecule has 2 aromatic rings. The summed E-state index contributed by atoms with van der Waals surface area (Å²) in [5, 5.41) is 3.17. The summed E-state index contributed by atoms with van der Waals surface area (Å²) in [7, 11) is 4.14. The predicted molar refractivity (Wildman–Crippen MR) is 82.1 cm³/mol. The first-order valence-corrected chi connectivity index (χ1v) is 6.77. The molecule has 1 N–H and O–H groups in total. The third kappa shape index (κ3) is 4.19. The van der Waals surface area contributed by atoms with Crippen molar-refractivity contribution in [3.05, 3.63) is 60.2 Å². The number of benzene rings is 2. The van der Waals surface area contributed by atoms with E-state index in [0.29, 0.717) is 0 Å². The van der Waals surface area contributed by atoms with E-state index in [-0.39, 0.29) is 0 Å². The Morgan fingerprint density at radius 2 is 1.53 bits per heavy atom. The lowest BCUT2D eigenvalue weighted by atomic mass is 10.0. The number of hydrogen-bond acceptors (Lipinski definition) is 2. The topological polar surface area (TPSA) is 15.3 Å². The van der Waals surface area contributed by atoms with Crippen molar-refractivity contribution in [1.29, 1.82) is 0 Å². The third-order valence-electron chi connectivity index (χ3n) is 3.26. The Morgan fingerprint density at radius 3 is 2.16 bits per heavy atom. The molecule has 0 aromatic heterocycles. The molecule has 100 valence electrons. The fourth-order valence-electron chi connectivity index (χ4n) is 2.13. The molecule has 0 fully saturated rings. The van der Waals surface area contributed by atoms with Gasteiger partial charge >= 0.3 is 0 Å². The van der Waals surface area contributed by atoms with Crippen LogP contribution >= 0.6 is 0 Å². The molecule has 0 amide bonds. The molecule has 0 aliphatic carbocycles. The molecule has 19 heavy (non-hydrogen) atoms. The molecule has 2 rings (SSSR count). The van der Waals surface area contributed by atoms with Gasteiger partial charge in [0.2, 0.25) is 0 Å². The van der Waals surface area contributed by atoms with Crippen molar-refractivity contribution in [3.63, 3.8) is 0 Å². The summed E-state index contributed by atoms with van der Waals surface area (Å²) < 4.78 is 0. The van der Waals surface area contributed by atoms with Gasteiger partial charge in [0.05, 0.1) is 0 Å². The number of hydrogen-bond donors (Lipinski definition) is 1. The second-order valence-electron chi connectivity index (χ2n) is 4.90. The van der Waals surface area contributed by atoms with Crippen LogP contribution < -0.4 is 5.32 Å². The lowest BCUT2D eigenvalue weighted by molar-refractivity contribution is 0.328. The van der Waals surface area contributed by atoms with Gasteiger partial charge in [-0.3, -0.25) is 0 Å². The molecule has 0 unspecified atom stereocenters. The quantitative estimate of drug-likeness (QED) is 0.852. The Morgan fingerprint density at radius 1 is 0.895 bits per heavy atom. The van der Waals surface area contributed by atoms with Crippen LogP contribution in [0, 0.1) is 0 Å². The number of likely N-dealkylation sites (N-methyl/N-ethyl adjacent to an activating group) is 2. The summed E-state index contributed by atoms with van der Waals surface area (Å²) in [6.07, 6.45) is 0. The largest absolute Gasteiger partial charge is 0.318 e. The number of nitrogens with zero attached hydrogens (tertiary/aromatic N) is 1. The minimum absolute atomic E-state index is 0.997. The maximum absolute atomic E-state index is 3.17. The Kier molecular flexibility index (Phi) is 5.13. The Labute approximate surface area is 116 Å². The van der Waals surface area contributed by atoms with Crippen molar-refractivity contribution in [2.24, 2.45) is 0 Å². The van der Waals surface area contributed by atoms with Crippen LogP contribution in [0.5, 0.6) is 0 Å². The third-order valence-corrected chi connectivity index (χ3v) is 3.26. The molecule has 0 saturated heterocycles. The van der Waals surface area contributed by atoms with Gasteiger partial charge in [-0.1, -0.05) is 54.6 Å². The van der Waals surface area contributed by atoms with Crippen molar-refractivity contribution < 1.29 is 0 Å². The van der Waals surface area contributed by atoms with E-state index in [1.165, 1.54) is 16.7 Å². The molecular formula is C17H22N2. The van der Waals surface area contributed by atoms with Gasteiger partial charge in [0.15, 0.2) is 0 Å². The van der Waals surface area contributed by atoms with Gasteiger partial charge < -0.3 is 10.2 Å². The first-order chi connectivity index (χ1) is 9.29. The van der Waals surface area contributed by atoms with Gasteiger partial charge in [0.1, 0.15) is 0 Å². The second-order valence-corrected chi connectivity index (χ2v) is 4.90. The monoisotopic (exact) mass is 254 g/mol. The molecule has 0 saturated carbocycles. The predicted octanol–water partition coefficient (Wildman–Crippen LogP) is 3.00. The van der Waals surface area contributed by atoms with Gasteiger partial charge in [-0.05, 0) is 30.8 Å². The maximum Gasteiger partial charge on any atom is 0.0231 e. The summed E-state index contributed by atoms with van der Waals surface area (Å²) >= 11 is 0. The zero-order valence-electron chi connectivity index (χ0n) is 11.8. The summed E-state index contributed by atoms with van der Waals surface area (Å²) in [6.45, 7) is 3.09. The van der Waals surface area contributed by atoms with Crippen LogP contribution in [0.1, 0.15) is 5.56 Å². The van der Waals surface area contributed by atoms with Crippen molar-refractivity contribution in [1.82, 2.24) is 10.2 Å². The molecule has 2 heteroatoms. The van der Waals surface area contributed by atoms with Gasteiger partial charge in [0.25, 0.3) is 0 Å². The van der Waals surface area contributed by atoms with Crippen LogP contribution in [0.3, 0.4) is 0 Å². The number of nitrogens with one attached hydrogen (secondary N) is 1. The van der Waals surface area contributed by atoms with Crippen LogP contribution in [-0.2, 0) is 6.54 Å². The Bertz CT molecular complexity index is 476. The molecule has 0 bridgehead atoms. The van der Waals surface area contributed by atoms with Gasteiger partial charge in [-0.25, -0.2) is 0 Å². The average molecular weight is 254 g/mol. The lowest BCUT2D eigenvalue weighted by Crippen LogP contribution is -2.26. The van der Waals surface area contributed by atoms with Crippen LogP contribution in [0.2, 0.25) is 0 Å². The van der Waals surface area contributed by atoms with E-state index in [4.69, 9.17) is 0 Å². The van der Waals surface area contributed by atoms with Gasteiger partial charge in [-0.15, -0.1) is 0 Å². The van der Waals surface area contributed by atoms with E-state index in [2.05, 4.69) is 71.9 Å². The molecule has 2 aromatic carbocycles. The van der Waals surface area contributed by atoms with Crippen molar-refractivity contribution in [3.8, 4) is 11.1 Å². The summed E-state index contributed by atoms with van der Waals surface area (Å²) in [4.78, 5) is 2.33. The Hall–Kier alpha value is -1.64. The summed E-state index contributed by atoms with van der Waals surface area (Å²) in [5.41, 5.74) is 3.91. The smallest absolute Gasteiger partial charge is 0.0231 e. The van der Waals surface area contributed by atoms with Gasteiger partial charge in [0, 0.05) is 19.6 Å². The van der Waals surface area contributed by atoms with E-state index in [9.17, 15) is 0 Å². The fraction of sp³-hybridized carbons (Fsp3) is 0.294. The zero-order valence-corrected chi connectivity index (χ0v) is 11.8. The van der Waals surface area contributed by atoms with Gasteiger partial charge in [-0.2, -0.15) is 0 Å². The second kappa shape index (κ2) is 7.07. The SMILES string of the molecule is CNCCN(C)Cc1ccc(-c2ccccc2)cc1. The molecule has 0 aliphatic rings. The van der Waals surface area contributed by atoms with Crippen LogP contribution in [0.15, 0.2) is 54.6 Å². The maximum atomic E-state index is 3.17. The molecule has 0 heterocycles. The van der Waals surface area contributed by atoms with E-state index in [1.54, 1.807) is 0 Å².